The van der Waals surface area contributed by atoms with E-state index in [0.717, 1.165) is 35.6 Å². The molecule has 5 nitrogen and oxygen atoms in total. The van der Waals surface area contributed by atoms with E-state index >= 15 is 0 Å². The highest BCUT2D eigenvalue weighted by molar-refractivity contribution is 6.10. The Morgan fingerprint density at radius 3 is 2.16 bits per heavy atom. The average Bonchev–Trinajstić information content (AvgIpc) is 3.50. The molecule has 1 heterocycles. The molecule has 0 spiro atoms. The largest absolute Gasteiger partial charge is 0.370 e. The van der Waals surface area contributed by atoms with Gasteiger partial charge in [0.05, 0.1) is 11.4 Å². The van der Waals surface area contributed by atoms with Crippen LogP contribution in [0.1, 0.15) is 40.5 Å². The highest BCUT2D eigenvalue weighted by Gasteiger charge is 2.23. The minimum Gasteiger partial charge on any atom is -0.370 e. The molecular weight excluding hydrogens is 458 g/mol. The van der Waals surface area contributed by atoms with Crippen molar-refractivity contribution in [2.75, 3.05) is 34.8 Å². The van der Waals surface area contributed by atoms with Crippen LogP contribution in [0.2, 0.25) is 0 Å². The summed E-state index contributed by atoms with van der Waals surface area (Å²) < 4.78 is 0. The van der Waals surface area contributed by atoms with Gasteiger partial charge in [-0.1, -0.05) is 60.7 Å². The molecule has 186 valence electrons. The molecule has 1 saturated heterocycles. The number of hydrogen-bond acceptors (Lipinski definition) is 3. The fraction of sp³-hybridized carbons (Fsp3) is 0.188. The van der Waals surface area contributed by atoms with Crippen LogP contribution in [-0.2, 0) is 0 Å². The third-order valence-corrected chi connectivity index (χ3v) is 6.83. The molecule has 0 saturated carbocycles. The van der Waals surface area contributed by atoms with E-state index in [4.69, 9.17) is 0 Å². The minimum atomic E-state index is -0.187. The number of anilines is 3. The maximum Gasteiger partial charge on any atom is 0.258 e. The van der Waals surface area contributed by atoms with E-state index in [-0.39, 0.29) is 11.8 Å². The SMILES string of the molecule is CCN(C(=O)c1ccc(NC(=O)c2ccccc2-c2ccccc2)cc1)c1ccccc1N1CCCC1. The molecular formula is C32H31N3O2. The lowest BCUT2D eigenvalue weighted by atomic mass is 9.99. The molecule has 0 radical (unpaired) electrons. The molecule has 4 aromatic carbocycles. The summed E-state index contributed by atoms with van der Waals surface area (Å²) in [5, 5.41) is 2.99. The van der Waals surface area contributed by atoms with E-state index in [1.165, 1.54) is 12.8 Å². The summed E-state index contributed by atoms with van der Waals surface area (Å²) in [6, 6.07) is 32.7. The average molecular weight is 490 g/mol. The first kappa shape index (κ1) is 24.3. The van der Waals surface area contributed by atoms with Crippen LogP contribution in [-0.4, -0.2) is 31.4 Å². The Hall–Kier alpha value is -4.38. The van der Waals surface area contributed by atoms with Crippen molar-refractivity contribution in [2.24, 2.45) is 0 Å². The number of benzene rings is 4. The number of hydrogen-bond donors (Lipinski definition) is 1. The molecule has 0 aliphatic carbocycles. The van der Waals surface area contributed by atoms with Crippen LogP contribution < -0.4 is 15.1 Å². The lowest BCUT2D eigenvalue weighted by molar-refractivity contribution is 0.0987. The zero-order chi connectivity index (χ0) is 25.6. The Balaban J connectivity index is 1.34. The molecule has 2 amide bonds. The van der Waals surface area contributed by atoms with Gasteiger partial charge in [0.2, 0.25) is 0 Å². The van der Waals surface area contributed by atoms with E-state index in [2.05, 4.69) is 16.3 Å². The van der Waals surface area contributed by atoms with Crippen molar-refractivity contribution in [2.45, 2.75) is 19.8 Å². The molecule has 37 heavy (non-hydrogen) atoms. The molecule has 0 aromatic heterocycles. The van der Waals surface area contributed by atoms with Gasteiger partial charge in [-0.15, -0.1) is 0 Å². The van der Waals surface area contributed by atoms with Gasteiger partial charge in [0, 0.05) is 36.4 Å². The van der Waals surface area contributed by atoms with Gasteiger partial charge in [0.15, 0.2) is 0 Å². The van der Waals surface area contributed by atoms with Crippen molar-refractivity contribution in [1.82, 2.24) is 0 Å². The number of nitrogens with one attached hydrogen (secondary N) is 1. The Bertz CT molecular complexity index is 1380. The topological polar surface area (TPSA) is 52.7 Å². The second-order valence-electron chi connectivity index (χ2n) is 9.18. The molecule has 1 fully saturated rings. The Kier molecular flexibility index (Phi) is 7.31. The molecule has 1 aliphatic rings. The minimum absolute atomic E-state index is 0.0542. The van der Waals surface area contributed by atoms with Crippen LogP contribution >= 0.6 is 0 Å². The van der Waals surface area contributed by atoms with E-state index in [1.807, 2.05) is 84.6 Å². The maximum absolute atomic E-state index is 13.5. The van der Waals surface area contributed by atoms with E-state index in [0.29, 0.717) is 23.4 Å². The van der Waals surface area contributed by atoms with Crippen LogP contribution in [0.25, 0.3) is 11.1 Å². The zero-order valence-electron chi connectivity index (χ0n) is 21.1. The van der Waals surface area contributed by atoms with E-state index < -0.39 is 0 Å². The van der Waals surface area contributed by atoms with E-state index in [9.17, 15) is 9.59 Å². The molecule has 1 aliphatic heterocycles. The predicted molar refractivity (Wildman–Crippen MR) is 152 cm³/mol. The highest BCUT2D eigenvalue weighted by Crippen LogP contribution is 2.32. The van der Waals surface area contributed by atoms with Crippen molar-refractivity contribution in [3.63, 3.8) is 0 Å². The highest BCUT2D eigenvalue weighted by atomic mass is 16.2. The smallest absolute Gasteiger partial charge is 0.258 e. The number of rotatable bonds is 7. The van der Waals surface area contributed by atoms with E-state index in [1.54, 1.807) is 24.3 Å². The number of carbonyl (C=O) groups is 2. The van der Waals surface area contributed by atoms with Crippen molar-refractivity contribution in [3.05, 3.63) is 114 Å². The van der Waals surface area contributed by atoms with Gasteiger partial charge < -0.3 is 15.1 Å². The Morgan fingerprint density at radius 2 is 1.43 bits per heavy atom. The lowest BCUT2D eigenvalue weighted by Gasteiger charge is -2.28. The molecule has 4 aromatic rings. The molecule has 0 atom stereocenters. The van der Waals surface area contributed by atoms with Crippen LogP contribution in [0.15, 0.2) is 103 Å². The van der Waals surface area contributed by atoms with Crippen LogP contribution in [0.5, 0.6) is 0 Å². The van der Waals surface area contributed by atoms with Crippen molar-refractivity contribution >= 4 is 28.9 Å². The maximum atomic E-state index is 13.5. The second-order valence-corrected chi connectivity index (χ2v) is 9.18. The van der Waals surface area contributed by atoms with Crippen LogP contribution in [0.4, 0.5) is 17.1 Å². The summed E-state index contributed by atoms with van der Waals surface area (Å²) >= 11 is 0. The fourth-order valence-electron chi connectivity index (χ4n) is 4.94. The standard InChI is InChI=1S/C32H31N3O2/c1-2-35(30-17-9-8-16-29(30)34-22-10-11-23-34)32(37)25-18-20-26(21-19-25)33-31(36)28-15-7-6-14-27(28)24-12-4-3-5-13-24/h3-9,12-21H,2,10-11,22-23H2,1H3,(H,33,36). The molecule has 5 heteroatoms. The normalized spacial score (nSPS) is 12.8. The third-order valence-electron chi connectivity index (χ3n) is 6.83. The number of nitrogens with zero attached hydrogens (tertiary/aromatic N) is 2. The van der Waals surface area contributed by atoms with Gasteiger partial charge in [-0.3, -0.25) is 9.59 Å². The summed E-state index contributed by atoms with van der Waals surface area (Å²) in [5.41, 5.74) is 5.74. The van der Waals surface area contributed by atoms with Gasteiger partial charge in [-0.05, 0) is 73.4 Å². The number of carbonyl (C=O) groups excluding carboxylic acids is 2. The molecule has 0 bridgehead atoms. The monoisotopic (exact) mass is 489 g/mol. The van der Waals surface area contributed by atoms with Crippen molar-refractivity contribution in [1.29, 1.82) is 0 Å². The molecule has 0 unspecified atom stereocenters. The first-order valence-corrected chi connectivity index (χ1v) is 12.9. The summed E-state index contributed by atoms with van der Waals surface area (Å²) in [6.07, 6.45) is 2.36. The lowest BCUT2D eigenvalue weighted by Crippen LogP contribution is -2.32. The third kappa shape index (κ3) is 5.26. The zero-order valence-corrected chi connectivity index (χ0v) is 21.1. The van der Waals surface area contributed by atoms with Crippen molar-refractivity contribution < 1.29 is 9.59 Å². The van der Waals surface area contributed by atoms with Crippen LogP contribution in [0, 0.1) is 0 Å². The van der Waals surface area contributed by atoms with Gasteiger partial charge in [-0.2, -0.15) is 0 Å². The quantitative estimate of drug-likeness (QED) is 0.308. The van der Waals surface area contributed by atoms with Gasteiger partial charge >= 0.3 is 0 Å². The summed E-state index contributed by atoms with van der Waals surface area (Å²) in [4.78, 5) is 30.8. The summed E-state index contributed by atoms with van der Waals surface area (Å²) in [5.74, 6) is -0.241. The molecule has 5 rings (SSSR count). The Labute approximate surface area is 218 Å². The predicted octanol–water partition coefficient (Wildman–Crippen LogP) is 6.87. The van der Waals surface area contributed by atoms with Crippen LogP contribution in [0.3, 0.4) is 0 Å². The fourth-order valence-corrected chi connectivity index (χ4v) is 4.94. The summed E-state index contributed by atoms with van der Waals surface area (Å²) in [7, 11) is 0. The first-order valence-electron chi connectivity index (χ1n) is 12.9. The molecule has 1 N–H and O–H groups in total. The first-order chi connectivity index (χ1) is 18.2. The second kappa shape index (κ2) is 11.1. The number of amides is 2. The number of para-hydroxylation sites is 2. The van der Waals surface area contributed by atoms with Gasteiger partial charge in [-0.25, -0.2) is 0 Å². The summed E-state index contributed by atoms with van der Waals surface area (Å²) in [6.45, 7) is 4.60. The van der Waals surface area contributed by atoms with Gasteiger partial charge in [0.25, 0.3) is 11.8 Å². The van der Waals surface area contributed by atoms with Gasteiger partial charge in [0.1, 0.15) is 0 Å². The van der Waals surface area contributed by atoms with Crippen molar-refractivity contribution in [3.8, 4) is 11.1 Å². The Morgan fingerprint density at radius 1 is 0.784 bits per heavy atom.